The lowest BCUT2D eigenvalue weighted by Gasteiger charge is -2.60. The molecule has 2 bridgehead atoms. The maximum Gasteiger partial charge on any atom is 0.573 e. The first-order valence-electron chi connectivity index (χ1n) is 15.6. The van der Waals surface area contributed by atoms with Crippen LogP contribution in [0.15, 0.2) is 54.6 Å². The van der Waals surface area contributed by atoms with Crippen molar-refractivity contribution < 1.29 is 51.5 Å². The predicted octanol–water partition coefficient (Wildman–Crippen LogP) is 6.32. The number of allylic oxidation sites excluding steroid dienone is 1. The predicted molar refractivity (Wildman–Crippen MR) is 158 cm³/mol. The Morgan fingerprint density at radius 2 is 1.74 bits per heavy atom. The number of amides is 1. The average molecular weight is 646 g/mol. The number of rotatable bonds is 9. The maximum atomic E-state index is 12.9. The normalized spacial score (nSPS) is 33.7. The van der Waals surface area contributed by atoms with Crippen molar-refractivity contribution in [3.63, 3.8) is 0 Å². The van der Waals surface area contributed by atoms with Gasteiger partial charge in [0, 0.05) is 23.8 Å². The molecule has 5 fully saturated rings. The number of benzene rings is 2. The summed E-state index contributed by atoms with van der Waals surface area (Å²) in [6.07, 6.45) is 0.491. The van der Waals surface area contributed by atoms with Crippen molar-refractivity contribution in [2.75, 3.05) is 6.61 Å². The second-order valence-corrected chi connectivity index (χ2v) is 12.9. The van der Waals surface area contributed by atoms with E-state index < -0.39 is 30.3 Å². The van der Waals surface area contributed by atoms with Gasteiger partial charge >= 0.3 is 6.36 Å². The molecule has 4 saturated heterocycles. The molecule has 1 amide bonds. The van der Waals surface area contributed by atoms with Crippen molar-refractivity contribution in [2.45, 2.75) is 83.3 Å². The standard InChI is InChI=1S/C34H38F3NO8/c1-20-4-14-27-21(2)30(42-31-33(27)26(20)16-17-32(3,44-31)45-46-33)38-29(40)19-41-18-23-5-10-24(11-6-23)28(39)15-9-22-7-12-25(13-8-22)43-34(35,36)37/h5-13,15,20-21,26-27,30-31H,4,14,16-19H2,1-3H3,(H,38,40)/b15-9+/t20-,21-,26+,27+,30-,31-,32-,33-/m1/s1. The fourth-order valence-corrected chi connectivity index (χ4v) is 7.35. The Morgan fingerprint density at radius 3 is 2.46 bits per heavy atom. The third kappa shape index (κ3) is 6.72. The van der Waals surface area contributed by atoms with Gasteiger partial charge in [-0.1, -0.05) is 56.3 Å². The molecule has 5 aliphatic rings. The molecular formula is C34H38F3NO8. The number of carbonyl (C=O) groups excluding carboxylic acids is 2. The lowest BCUT2D eigenvalue weighted by atomic mass is 9.58. The molecular weight excluding hydrogens is 607 g/mol. The number of alkyl halides is 3. The fraction of sp³-hybridized carbons (Fsp3) is 0.529. The van der Waals surface area contributed by atoms with E-state index in [0.717, 1.165) is 24.8 Å². The molecule has 2 aromatic carbocycles. The Hall–Kier alpha value is -3.29. The van der Waals surface area contributed by atoms with Crippen LogP contribution < -0.4 is 10.1 Å². The first kappa shape index (κ1) is 32.6. The van der Waals surface area contributed by atoms with Crippen LogP contribution in [0.2, 0.25) is 0 Å². The van der Waals surface area contributed by atoms with E-state index in [1.165, 1.54) is 36.4 Å². The van der Waals surface area contributed by atoms with Crippen LogP contribution in [0.3, 0.4) is 0 Å². The van der Waals surface area contributed by atoms with Crippen molar-refractivity contribution in [3.8, 4) is 5.75 Å². The first-order chi connectivity index (χ1) is 21.8. The SMILES string of the molecule is C[C@H]1[C@H](NC(=O)COCc2ccc(C(=O)/C=C/c3ccc(OC(F)(F)F)cc3)cc2)O[C@@H]2O[C@@]3(C)CC[C@H]4[C@H](C)CC[C@@H]1[C@@]24OO3. The van der Waals surface area contributed by atoms with Crippen LogP contribution >= 0.6 is 0 Å². The lowest BCUT2D eigenvalue weighted by molar-refractivity contribution is -0.571. The maximum absolute atomic E-state index is 12.9. The molecule has 0 aromatic heterocycles. The van der Waals surface area contributed by atoms with Crippen LogP contribution in [0, 0.1) is 23.7 Å². The number of halogens is 3. The zero-order valence-corrected chi connectivity index (χ0v) is 25.9. The quantitative estimate of drug-likeness (QED) is 0.192. The lowest BCUT2D eigenvalue weighted by Crippen LogP contribution is -2.72. The summed E-state index contributed by atoms with van der Waals surface area (Å²) in [6.45, 7) is 6.16. The highest BCUT2D eigenvalue weighted by atomic mass is 19.4. The monoisotopic (exact) mass is 645 g/mol. The molecule has 12 heteroatoms. The van der Waals surface area contributed by atoms with E-state index in [9.17, 15) is 22.8 Å². The van der Waals surface area contributed by atoms with E-state index >= 15 is 0 Å². The molecule has 0 unspecified atom stereocenters. The Kier molecular flexibility index (Phi) is 9.03. The largest absolute Gasteiger partial charge is 0.573 e. The van der Waals surface area contributed by atoms with Gasteiger partial charge in [0.25, 0.3) is 0 Å². The van der Waals surface area contributed by atoms with Gasteiger partial charge in [0.05, 0.1) is 6.61 Å². The Balaban J connectivity index is 0.988. The van der Waals surface area contributed by atoms with Gasteiger partial charge < -0.3 is 24.3 Å². The number of hydrogen-bond acceptors (Lipinski definition) is 8. The van der Waals surface area contributed by atoms with E-state index in [-0.39, 0.29) is 48.4 Å². The summed E-state index contributed by atoms with van der Waals surface area (Å²) in [4.78, 5) is 37.5. The van der Waals surface area contributed by atoms with Gasteiger partial charge in [-0.25, -0.2) is 9.78 Å². The van der Waals surface area contributed by atoms with Gasteiger partial charge in [0.2, 0.25) is 11.7 Å². The van der Waals surface area contributed by atoms with Crippen LogP contribution in [0.5, 0.6) is 5.75 Å². The number of ketones is 1. The zero-order valence-electron chi connectivity index (χ0n) is 25.9. The molecule has 8 atom stereocenters. The average Bonchev–Trinajstić information content (AvgIpc) is 3.24. The van der Waals surface area contributed by atoms with Gasteiger partial charge in [-0.2, -0.15) is 0 Å². The molecule has 248 valence electrons. The molecule has 2 aromatic rings. The minimum Gasteiger partial charge on any atom is -0.406 e. The van der Waals surface area contributed by atoms with Crippen LogP contribution in [-0.4, -0.2) is 48.6 Å². The summed E-state index contributed by atoms with van der Waals surface area (Å²) in [5, 5.41) is 2.98. The summed E-state index contributed by atoms with van der Waals surface area (Å²) >= 11 is 0. The van der Waals surface area contributed by atoms with Crippen LogP contribution in [0.25, 0.3) is 6.08 Å². The summed E-state index contributed by atoms with van der Waals surface area (Å²) in [5.74, 6) is -1.08. The van der Waals surface area contributed by atoms with E-state index in [1.807, 2.05) is 6.92 Å². The zero-order chi connectivity index (χ0) is 32.7. The number of fused-ring (bicyclic) bond motifs is 2. The highest BCUT2D eigenvalue weighted by Gasteiger charge is 2.69. The highest BCUT2D eigenvalue weighted by molar-refractivity contribution is 6.06. The topological polar surface area (TPSA) is 102 Å². The Bertz CT molecular complexity index is 1450. The van der Waals surface area contributed by atoms with Crippen molar-refractivity contribution in [2.24, 2.45) is 23.7 Å². The summed E-state index contributed by atoms with van der Waals surface area (Å²) in [6, 6.07) is 11.9. The Morgan fingerprint density at radius 1 is 1.00 bits per heavy atom. The molecule has 0 radical (unpaired) electrons. The molecule has 46 heavy (non-hydrogen) atoms. The smallest absolute Gasteiger partial charge is 0.406 e. The molecule has 4 heterocycles. The molecule has 7 rings (SSSR count). The first-order valence-corrected chi connectivity index (χ1v) is 15.6. The van der Waals surface area contributed by atoms with Gasteiger partial charge in [0.1, 0.15) is 18.6 Å². The second-order valence-electron chi connectivity index (χ2n) is 12.9. The van der Waals surface area contributed by atoms with Gasteiger partial charge in [-0.3, -0.25) is 9.59 Å². The number of ether oxygens (including phenoxy) is 4. The summed E-state index contributed by atoms with van der Waals surface area (Å²) < 4.78 is 59.2. The molecule has 4 aliphatic heterocycles. The molecule has 1 N–H and O–H groups in total. The summed E-state index contributed by atoms with van der Waals surface area (Å²) in [7, 11) is 0. The Labute approximate surface area is 265 Å². The van der Waals surface area contributed by atoms with E-state index in [1.54, 1.807) is 24.3 Å². The van der Waals surface area contributed by atoms with Crippen LogP contribution in [0.4, 0.5) is 13.2 Å². The van der Waals surface area contributed by atoms with Crippen LogP contribution in [-0.2, 0) is 35.4 Å². The molecule has 1 spiro atoms. The number of nitrogens with one attached hydrogen (secondary N) is 1. The van der Waals surface area contributed by atoms with Crippen LogP contribution in [0.1, 0.15) is 67.9 Å². The van der Waals surface area contributed by atoms with Gasteiger partial charge in [-0.05, 0) is 67.4 Å². The van der Waals surface area contributed by atoms with Crippen molar-refractivity contribution in [3.05, 3.63) is 71.3 Å². The minimum absolute atomic E-state index is 0.0354. The van der Waals surface area contributed by atoms with E-state index in [2.05, 4.69) is 23.9 Å². The van der Waals surface area contributed by atoms with E-state index in [0.29, 0.717) is 23.5 Å². The van der Waals surface area contributed by atoms with Crippen molar-refractivity contribution in [1.29, 1.82) is 0 Å². The van der Waals surface area contributed by atoms with Crippen molar-refractivity contribution >= 4 is 17.8 Å². The molecule has 1 aliphatic carbocycles. The number of carbonyl (C=O) groups is 2. The van der Waals surface area contributed by atoms with Crippen molar-refractivity contribution in [1.82, 2.24) is 5.32 Å². The highest BCUT2D eigenvalue weighted by Crippen LogP contribution is 2.60. The summed E-state index contributed by atoms with van der Waals surface area (Å²) in [5.41, 5.74) is 1.04. The third-order valence-corrected chi connectivity index (χ3v) is 9.74. The fourth-order valence-electron chi connectivity index (χ4n) is 7.35. The number of hydrogen-bond donors (Lipinski definition) is 1. The third-order valence-electron chi connectivity index (χ3n) is 9.74. The van der Waals surface area contributed by atoms with Gasteiger partial charge in [-0.15, -0.1) is 13.2 Å². The van der Waals surface area contributed by atoms with Gasteiger partial charge in [0.15, 0.2) is 17.7 Å². The molecule has 9 nitrogen and oxygen atoms in total. The second kappa shape index (κ2) is 12.7. The molecule has 1 saturated carbocycles. The van der Waals surface area contributed by atoms with E-state index in [4.69, 9.17) is 24.0 Å². The minimum atomic E-state index is -4.77.